The molecule has 2 aromatic heterocycles. The van der Waals surface area contributed by atoms with Crippen LogP contribution in [-0.2, 0) is 0 Å². The molecule has 1 aliphatic heterocycles. The van der Waals surface area contributed by atoms with Crippen molar-refractivity contribution in [3.63, 3.8) is 0 Å². The fourth-order valence-corrected chi connectivity index (χ4v) is 4.00. The molecule has 2 amide bonds. The molecule has 0 radical (unpaired) electrons. The predicted octanol–water partition coefficient (Wildman–Crippen LogP) is 2.87. The molecule has 0 bridgehead atoms. The predicted molar refractivity (Wildman–Crippen MR) is 110 cm³/mol. The number of anilines is 1. The molecule has 1 aliphatic rings. The average Bonchev–Trinajstić information content (AvgIpc) is 3.28. The zero-order valence-electron chi connectivity index (χ0n) is 16.7. The van der Waals surface area contributed by atoms with Crippen molar-refractivity contribution in [3.8, 4) is 5.75 Å². The molecule has 158 valence electrons. The summed E-state index contributed by atoms with van der Waals surface area (Å²) in [5.74, 6) is 0.0286. The Morgan fingerprint density at radius 3 is 2.90 bits per heavy atom. The minimum Gasteiger partial charge on any atom is -0.493 e. The number of nitrogens with zero attached hydrogens (tertiary/aromatic N) is 4. The van der Waals surface area contributed by atoms with Gasteiger partial charge in [-0.25, -0.2) is 23.8 Å². The number of rotatable bonds is 5. The van der Waals surface area contributed by atoms with E-state index in [9.17, 15) is 4.79 Å². The second kappa shape index (κ2) is 7.60. The van der Waals surface area contributed by atoms with E-state index in [2.05, 4.69) is 25.7 Å². The van der Waals surface area contributed by atoms with Crippen molar-refractivity contribution in [2.75, 3.05) is 18.9 Å². The summed E-state index contributed by atoms with van der Waals surface area (Å²) in [5, 5.41) is 10.5. The van der Waals surface area contributed by atoms with Gasteiger partial charge in [0, 0.05) is 12.1 Å². The highest BCUT2D eigenvalue weighted by Gasteiger charge is 2.32. The van der Waals surface area contributed by atoms with E-state index < -0.39 is 17.9 Å². The Bertz CT molecular complexity index is 1150. The fourth-order valence-electron chi connectivity index (χ4n) is 3.78. The van der Waals surface area contributed by atoms with Gasteiger partial charge in [-0.2, -0.15) is 5.10 Å². The number of nitrogens with one attached hydrogen (secondary N) is 2. The Morgan fingerprint density at radius 1 is 1.47 bits per heavy atom. The summed E-state index contributed by atoms with van der Waals surface area (Å²) in [7, 11) is 0. The molecule has 1 saturated heterocycles. The van der Waals surface area contributed by atoms with Gasteiger partial charge in [0.25, 0.3) is 0 Å². The molecule has 2 unspecified atom stereocenters. The molecule has 0 spiro atoms. The number of aryl methyl sites for hydroxylation is 1. The van der Waals surface area contributed by atoms with Gasteiger partial charge >= 0.3 is 6.03 Å². The normalized spacial score (nSPS) is 17.1. The number of urea groups is 1. The Kier molecular flexibility index (Phi) is 5.10. The molecule has 3 aromatic rings. The van der Waals surface area contributed by atoms with Crippen LogP contribution in [0.25, 0.3) is 11.0 Å². The van der Waals surface area contributed by atoms with E-state index in [0.29, 0.717) is 40.5 Å². The number of carbonyl (C=O) groups is 1. The smallest absolute Gasteiger partial charge is 0.315 e. The number of benzene rings is 1. The number of fused-ring (bicyclic) bond motifs is 1. The van der Waals surface area contributed by atoms with Gasteiger partial charge in [0.15, 0.2) is 11.5 Å². The van der Waals surface area contributed by atoms with Crippen LogP contribution < -0.4 is 21.1 Å². The second-order valence-corrected chi connectivity index (χ2v) is 7.42. The number of ether oxygens (including phenoxy) is 1. The Labute approximate surface area is 176 Å². The van der Waals surface area contributed by atoms with E-state index in [-0.39, 0.29) is 23.2 Å². The van der Waals surface area contributed by atoms with E-state index in [1.54, 1.807) is 11.6 Å². The monoisotopic (exact) mass is 433 g/mol. The Hall–Kier alpha value is -3.14. The van der Waals surface area contributed by atoms with Crippen molar-refractivity contribution in [3.05, 3.63) is 40.1 Å². The van der Waals surface area contributed by atoms with Gasteiger partial charge in [0.2, 0.25) is 0 Å². The van der Waals surface area contributed by atoms with Crippen LogP contribution in [0.1, 0.15) is 42.8 Å². The van der Waals surface area contributed by atoms with Gasteiger partial charge < -0.3 is 21.1 Å². The third kappa shape index (κ3) is 3.17. The maximum Gasteiger partial charge on any atom is 0.315 e. The summed E-state index contributed by atoms with van der Waals surface area (Å²) in [4.78, 5) is 20.0. The Balaban J connectivity index is 1.91. The van der Waals surface area contributed by atoms with Crippen LogP contribution in [0.3, 0.4) is 0 Å². The van der Waals surface area contributed by atoms with Crippen LogP contribution in [0.2, 0.25) is 5.02 Å². The van der Waals surface area contributed by atoms with E-state index in [4.69, 9.17) is 22.1 Å². The van der Waals surface area contributed by atoms with E-state index in [1.807, 2.05) is 13.8 Å². The van der Waals surface area contributed by atoms with Crippen molar-refractivity contribution in [2.24, 2.45) is 0 Å². The van der Waals surface area contributed by atoms with Crippen LogP contribution >= 0.6 is 11.6 Å². The van der Waals surface area contributed by atoms with E-state index >= 15 is 4.39 Å². The average molecular weight is 434 g/mol. The molecule has 4 rings (SSSR count). The molecule has 1 aromatic carbocycles. The Morgan fingerprint density at radius 2 is 2.23 bits per heavy atom. The first-order chi connectivity index (χ1) is 14.3. The van der Waals surface area contributed by atoms with Crippen LogP contribution in [-0.4, -0.2) is 38.9 Å². The fraction of sp³-hybridized carbons (Fsp3) is 0.368. The van der Waals surface area contributed by atoms with Gasteiger partial charge in [-0.05, 0) is 26.8 Å². The molecule has 11 heteroatoms. The lowest BCUT2D eigenvalue weighted by atomic mass is 9.98. The summed E-state index contributed by atoms with van der Waals surface area (Å²) >= 11 is 6.25. The number of hydrogen-bond acceptors (Lipinski definition) is 6. The molecule has 0 aliphatic carbocycles. The number of carbonyl (C=O) groups excluding carboxylic acids is 1. The molecule has 4 N–H and O–H groups in total. The van der Waals surface area contributed by atoms with Gasteiger partial charge in [-0.1, -0.05) is 11.6 Å². The van der Waals surface area contributed by atoms with Crippen LogP contribution in [0, 0.1) is 12.7 Å². The van der Waals surface area contributed by atoms with Gasteiger partial charge in [0.05, 0.1) is 40.4 Å². The third-order valence-corrected chi connectivity index (χ3v) is 5.43. The van der Waals surface area contributed by atoms with Crippen molar-refractivity contribution < 1.29 is 13.9 Å². The van der Waals surface area contributed by atoms with Crippen molar-refractivity contribution in [1.82, 2.24) is 30.4 Å². The number of nitrogens with two attached hydrogens (primary N) is 1. The molecule has 9 nitrogen and oxygen atoms in total. The molecular formula is C19H21ClFN7O2. The van der Waals surface area contributed by atoms with Gasteiger partial charge in [-0.15, -0.1) is 0 Å². The molecule has 30 heavy (non-hydrogen) atoms. The minimum atomic E-state index is -0.627. The number of halogens is 2. The van der Waals surface area contributed by atoms with Crippen LogP contribution in [0.15, 0.2) is 12.4 Å². The maximum atomic E-state index is 15.1. The zero-order chi connectivity index (χ0) is 21.6. The van der Waals surface area contributed by atoms with Crippen molar-refractivity contribution >= 4 is 34.5 Å². The number of aromatic nitrogens is 4. The first-order valence-electron chi connectivity index (χ1n) is 9.47. The molecule has 2 atom stereocenters. The highest BCUT2D eigenvalue weighted by molar-refractivity contribution is 6.31. The zero-order valence-corrected chi connectivity index (χ0v) is 17.4. The van der Waals surface area contributed by atoms with Crippen LogP contribution in [0.4, 0.5) is 15.0 Å². The lowest BCUT2D eigenvalue weighted by Crippen LogP contribution is -2.23. The van der Waals surface area contributed by atoms with Crippen molar-refractivity contribution in [2.45, 2.75) is 32.9 Å². The van der Waals surface area contributed by atoms with Crippen LogP contribution in [0.5, 0.6) is 5.75 Å². The second-order valence-electron chi connectivity index (χ2n) is 7.01. The summed E-state index contributed by atoms with van der Waals surface area (Å²) in [5.41, 5.74) is 8.04. The first-order valence-corrected chi connectivity index (χ1v) is 9.85. The molecule has 0 saturated carbocycles. The lowest BCUT2D eigenvalue weighted by Gasteiger charge is -2.23. The standard InChI is InChI=1S/C19H21ClFN7O2/c1-4-30-16-10(5-11(20)15(21)14(16)12-6-23-19(29)26-12)9(3)28-18-13(8(2)27-28)17(22)24-7-25-18/h5,7,9,12H,4,6H2,1-3H3,(H2,22,24,25)(H2,23,26,29). The third-order valence-electron chi connectivity index (χ3n) is 5.15. The van der Waals surface area contributed by atoms with Gasteiger partial charge in [-0.3, -0.25) is 0 Å². The maximum absolute atomic E-state index is 15.1. The highest BCUT2D eigenvalue weighted by atomic mass is 35.5. The number of nitrogen functional groups attached to an aromatic ring is 1. The minimum absolute atomic E-state index is 0.0706. The summed E-state index contributed by atoms with van der Waals surface area (Å²) in [6.07, 6.45) is 1.37. The molecular weight excluding hydrogens is 413 g/mol. The summed E-state index contributed by atoms with van der Waals surface area (Å²) < 4.78 is 22.6. The number of amides is 2. The summed E-state index contributed by atoms with van der Waals surface area (Å²) in [6.45, 7) is 6.02. The largest absolute Gasteiger partial charge is 0.493 e. The number of hydrogen-bond donors (Lipinski definition) is 3. The molecule has 3 heterocycles. The van der Waals surface area contributed by atoms with E-state index in [0.717, 1.165) is 0 Å². The van der Waals surface area contributed by atoms with Crippen molar-refractivity contribution in [1.29, 1.82) is 0 Å². The van der Waals surface area contributed by atoms with E-state index in [1.165, 1.54) is 12.4 Å². The molecule has 1 fully saturated rings. The topological polar surface area (TPSA) is 120 Å². The highest BCUT2D eigenvalue weighted by Crippen LogP contribution is 2.41. The summed E-state index contributed by atoms with van der Waals surface area (Å²) in [6, 6.07) is 0.113. The SMILES string of the molecule is CCOc1c(C(C)n2nc(C)c3c(N)ncnc32)cc(Cl)c(F)c1C1CNC(=O)N1. The first kappa shape index (κ1) is 20.1. The lowest BCUT2D eigenvalue weighted by molar-refractivity contribution is 0.247. The van der Waals surface area contributed by atoms with Gasteiger partial charge in [0.1, 0.15) is 17.9 Å². The quantitative estimate of drug-likeness (QED) is 0.569.